The fourth-order valence-electron chi connectivity index (χ4n) is 3.25. The quantitative estimate of drug-likeness (QED) is 0.358. The first-order valence-electron chi connectivity index (χ1n) is 10.1. The first-order chi connectivity index (χ1) is 13.4. The molecule has 0 fully saturated rings. The number of anilines is 1. The van der Waals surface area contributed by atoms with Crippen molar-refractivity contribution < 1.29 is 19.6 Å². The highest BCUT2D eigenvalue weighted by molar-refractivity contribution is 5.96. The molecule has 1 aliphatic rings. The van der Waals surface area contributed by atoms with Gasteiger partial charge in [0.15, 0.2) is 0 Å². The standard InChI is InChI=1S/C21H33N3O5/c1-7-8-9-10-22-17-13-11-14(23-19(26)20(2,3)4)15(24(27)28)12-16(13)29-21(5,6)18(17)25/h11-12,17-18,22,25H,7-10H2,1-6H3,(H,23,26). The van der Waals surface area contributed by atoms with Crippen LogP contribution in [0, 0.1) is 15.5 Å². The Labute approximate surface area is 172 Å². The summed E-state index contributed by atoms with van der Waals surface area (Å²) in [4.78, 5) is 23.5. The van der Waals surface area contributed by atoms with Gasteiger partial charge in [-0.2, -0.15) is 0 Å². The Morgan fingerprint density at radius 2 is 1.97 bits per heavy atom. The molecule has 2 unspecified atom stereocenters. The van der Waals surface area contributed by atoms with Crippen LogP contribution in [-0.4, -0.2) is 34.2 Å². The number of carbonyl (C=O) groups excluding carboxylic acids is 1. The number of fused-ring (bicyclic) bond motifs is 1. The summed E-state index contributed by atoms with van der Waals surface area (Å²) >= 11 is 0. The van der Waals surface area contributed by atoms with E-state index in [0.717, 1.165) is 19.3 Å². The lowest BCUT2D eigenvalue weighted by atomic mass is 9.86. The molecule has 0 saturated heterocycles. The number of ether oxygens (including phenoxy) is 1. The molecule has 2 atom stereocenters. The maximum atomic E-state index is 12.4. The summed E-state index contributed by atoms with van der Waals surface area (Å²) in [6, 6.07) is 2.42. The molecule has 1 aromatic carbocycles. The van der Waals surface area contributed by atoms with Crippen LogP contribution < -0.4 is 15.4 Å². The van der Waals surface area contributed by atoms with Gasteiger partial charge in [0.2, 0.25) is 5.91 Å². The first kappa shape index (κ1) is 23.1. The summed E-state index contributed by atoms with van der Waals surface area (Å²) in [6.07, 6.45) is 2.24. The van der Waals surface area contributed by atoms with Crippen molar-refractivity contribution in [3.63, 3.8) is 0 Å². The van der Waals surface area contributed by atoms with Gasteiger partial charge in [-0.25, -0.2) is 0 Å². The topological polar surface area (TPSA) is 114 Å². The molecule has 0 aromatic heterocycles. The van der Waals surface area contributed by atoms with Crippen LogP contribution in [0.25, 0.3) is 0 Å². The maximum absolute atomic E-state index is 12.4. The Morgan fingerprint density at radius 1 is 1.31 bits per heavy atom. The third-order valence-electron chi connectivity index (χ3n) is 5.13. The zero-order valence-corrected chi connectivity index (χ0v) is 18.2. The van der Waals surface area contributed by atoms with E-state index in [1.54, 1.807) is 40.7 Å². The summed E-state index contributed by atoms with van der Waals surface area (Å²) in [6.45, 7) is 11.5. The highest BCUT2D eigenvalue weighted by atomic mass is 16.6. The van der Waals surface area contributed by atoms with Gasteiger partial charge >= 0.3 is 0 Å². The second-order valence-corrected chi connectivity index (χ2v) is 9.16. The molecule has 1 amide bonds. The average molecular weight is 408 g/mol. The second-order valence-electron chi connectivity index (χ2n) is 9.16. The number of nitro benzene ring substituents is 1. The zero-order valence-electron chi connectivity index (χ0n) is 18.2. The van der Waals surface area contributed by atoms with Gasteiger partial charge in [0, 0.05) is 11.0 Å². The molecular formula is C21H33N3O5. The highest BCUT2D eigenvalue weighted by Crippen LogP contribution is 2.44. The van der Waals surface area contributed by atoms with Gasteiger partial charge < -0.3 is 20.5 Å². The summed E-state index contributed by atoms with van der Waals surface area (Å²) in [5.41, 5.74) is -1.16. The minimum Gasteiger partial charge on any atom is -0.484 e. The van der Waals surface area contributed by atoms with Crippen LogP contribution in [-0.2, 0) is 4.79 Å². The molecule has 0 radical (unpaired) electrons. The minimum absolute atomic E-state index is 0.101. The number of nitro groups is 1. The number of amides is 1. The molecule has 0 spiro atoms. The average Bonchev–Trinajstić information content (AvgIpc) is 2.60. The summed E-state index contributed by atoms with van der Waals surface area (Å²) < 4.78 is 5.90. The number of aliphatic hydroxyl groups excluding tert-OH is 1. The molecule has 1 aliphatic heterocycles. The molecule has 1 heterocycles. The Balaban J connectivity index is 2.48. The molecule has 29 heavy (non-hydrogen) atoms. The van der Waals surface area contributed by atoms with Crippen LogP contribution in [0.5, 0.6) is 5.75 Å². The second kappa shape index (κ2) is 8.67. The SMILES string of the molecule is CCCCCNC1c2cc(NC(=O)C(C)(C)C)c([N+](=O)[O-])cc2OC(C)(C)C1O. The Bertz CT molecular complexity index is 770. The van der Waals surface area contributed by atoms with Crippen molar-refractivity contribution in [1.29, 1.82) is 0 Å². The van der Waals surface area contributed by atoms with Crippen molar-refractivity contribution in [2.75, 3.05) is 11.9 Å². The van der Waals surface area contributed by atoms with Crippen molar-refractivity contribution in [2.45, 2.75) is 78.6 Å². The molecule has 162 valence electrons. The van der Waals surface area contributed by atoms with Gasteiger partial charge in [-0.15, -0.1) is 0 Å². The van der Waals surface area contributed by atoms with Gasteiger partial charge in [-0.3, -0.25) is 14.9 Å². The third-order valence-corrected chi connectivity index (χ3v) is 5.13. The molecule has 3 N–H and O–H groups in total. The number of benzene rings is 1. The van der Waals surface area contributed by atoms with Crippen molar-refractivity contribution in [2.24, 2.45) is 5.41 Å². The lowest BCUT2D eigenvalue weighted by Gasteiger charge is -2.42. The number of rotatable bonds is 7. The van der Waals surface area contributed by atoms with Crippen LogP contribution in [0.4, 0.5) is 11.4 Å². The number of aliphatic hydroxyl groups is 1. The molecule has 0 bridgehead atoms. The summed E-state index contributed by atoms with van der Waals surface area (Å²) in [7, 11) is 0. The molecule has 8 nitrogen and oxygen atoms in total. The van der Waals surface area contributed by atoms with Gasteiger partial charge in [-0.1, -0.05) is 40.5 Å². The molecule has 8 heteroatoms. The predicted octanol–water partition coefficient (Wildman–Crippen LogP) is 3.93. The Morgan fingerprint density at radius 3 is 2.52 bits per heavy atom. The first-order valence-corrected chi connectivity index (χ1v) is 10.1. The lowest BCUT2D eigenvalue weighted by molar-refractivity contribution is -0.384. The largest absolute Gasteiger partial charge is 0.484 e. The van der Waals surface area contributed by atoms with Gasteiger partial charge in [0.25, 0.3) is 5.69 Å². The van der Waals surface area contributed by atoms with Crippen LogP contribution in [0.2, 0.25) is 0 Å². The van der Waals surface area contributed by atoms with Crippen LogP contribution in [0.1, 0.15) is 72.4 Å². The monoisotopic (exact) mass is 407 g/mol. The van der Waals surface area contributed by atoms with E-state index in [9.17, 15) is 20.0 Å². The van der Waals surface area contributed by atoms with Crippen molar-refractivity contribution in [3.8, 4) is 5.75 Å². The number of unbranched alkanes of at least 4 members (excludes halogenated alkanes) is 2. The zero-order chi connectivity index (χ0) is 22.0. The fourth-order valence-corrected chi connectivity index (χ4v) is 3.25. The number of nitrogens with one attached hydrogen (secondary N) is 2. The predicted molar refractivity (Wildman–Crippen MR) is 112 cm³/mol. The molecular weight excluding hydrogens is 374 g/mol. The Kier molecular flexibility index (Phi) is 6.90. The summed E-state index contributed by atoms with van der Waals surface area (Å²) in [5, 5.41) is 28.5. The fraction of sp³-hybridized carbons (Fsp3) is 0.667. The van der Waals surface area contributed by atoms with Gasteiger partial charge in [0.05, 0.1) is 17.0 Å². The van der Waals surface area contributed by atoms with E-state index in [-0.39, 0.29) is 17.3 Å². The molecule has 0 aliphatic carbocycles. The maximum Gasteiger partial charge on any atom is 0.296 e. The highest BCUT2D eigenvalue weighted by Gasteiger charge is 2.44. The molecule has 2 rings (SSSR count). The van der Waals surface area contributed by atoms with E-state index in [1.165, 1.54) is 6.07 Å². The van der Waals surface area contributed by atoms with Crippen LogP contribution in [0.3, 0.4) is 0 Å². The van der Waals surface area contributed by atoms with Gasteiger partial charge in [-0.05, 0) is 32.9 Å². The number of carbonyl (C=O) groups is 1. The van der Waals surface area contributed by atoms with Crippen molar-refractivity contribution in [3.05, 3.63) is 27.8 Å². The van der Waals surface area contributed by atoms with E-state index in [1.807, 2.05) is 0 Å². The van der Waals surface area contributed by atoms with E-state index >= 15 is 0 Å². The number of nitrogens with zero attached hydrogens (tertiary/aromatic N) is 1. The number of hydrogen-bond donors (Lipinski definition) is 3. The summed E-state index contributed by atoms with van der Waals surface area (Å²) in [5.74, 6) is 0.0133. The Hall–Kier alpha value is -2.19. The van der Waals surface area contributed by atoms with Crippen LogP contribution in [0.15, 0.2) is 12.1 Å². The smallest absolute Gasteiger partial charge is 0.296 e. The van der Waals surface area contributed by atoms with Crippen LogP contribution >= 0.6 is 0 Å². The minimum atomic E-state index is -0.917. The van der Waals surface area contributed by atoms with Crippen molar-refractivity contribution >= 4 is 17.3 Å². The van der Waals surface area contributed by atoms with E-state index in [2.05, 4.69) is 17.6 Å². The lowest BCUT2D eigenvalue weighted by Crippen LogP contribution is -2.52. The van der Waals surface area contributed by atoms with E-state index < -0.39 is 28.1 Å². The van der Waals surface area contributed by atoms with E-state index in [0.29, 0.717) is 17.9 Å². The number of hydrogen-bond acceptors (Lipinski definition) is 6. The van der Waals surface area contributed by atoms with Crippen molar-refractivity contribution in [1.82, 2.24) is 5.32 Å². The normalized spacial score (nSPS) is 20.5. The molecule has 0 saturated carbocycles. The van der Waals surface area contributed by atoms with E-state index in [4.69, 9.17) is 4.74 Å². The van der Waals surface area contributed by atoms with Gasteiger partial charge in [0.1, 0.15) is 23.1 Å². The third kappa shape index (κ3) is 5.25. The molecule has 1 aromatic rings.